The van der Waals surface area contributed by atoms with Crippen molar-refractivity contribution in [2.45, 2.75) is 27.2 Å². The number of nitrogens with zero attached hydrogens (tertiary/aromatic N) is 2. The third-order valence-corrected chi connectivity index (χ3v) is 5.28. The van der Waals surface area contributed by atoms with E-state index in [4.69, 9.17) is 0 Å². The van der Waals surface area contributed by atoms with Crippen molar-refractivity contribution in [2.24, 2.45) is 5.92 Å². The summed E-state index contributed by atoms with van der Waals surface area (Å²) in [6.07, 6.45) is 0.876. The summed E-state index contributed by atoms with van der Waals surface area (Å²) in [5, 5.41) is 14.5. The van der Waals surface area contributed by atoms with E-state index in [1.165, 1.54) is 28.2 Å². The third-order valence-electron chi connectivity index (χ3n) is 3.50. The van der Waals surface area contributed by atoms with Gasteiger partial charge in [0.25, 0.3) is 5.91 Å². The van der Waals surface area contributed by atoms with Crippen LogP contribution in [-0.4, -0.2) is 16.1 Å². The Morgan fingerprint density at radius 3 is 2.62 bits per heavy atom. The van der Waals surface area contributed by atoms with Crippen molar-refractivity contribution in [1.82, 2.24) is 10.2 Å². The van der Waals surface area contributed by atoms with Gasteiger partial charge in [-0.1, -0.05) is 55.0 Å². The maximum atomic E-state index is 12.6. The second-order valence-electron chi connectivity index (χ2n) is 6.08. The first-order valence-corrected chi connectivity index (χ1v) is 9.51. The first kappa shape index (κ1) is 16.8. The van der Waals surface area contributed by atoms with Crippen LogP contribution < -0.4 is 5.32 Å². The van der Waals surface area contributed by atoms with Gasteiger partial charge in [-0.2, -0.15) is 0 Å². The third kappa shape index (κ3) is 3.88. The monoisotopic (exact) mass is 357 g/mol. The second-order valence-corrected chi connectivity index (χ2v) is 8.06. The Morgan fingerprint density at radius 2 is 1.92 bits per heavy atom. The molecule has 3 aromatic rings. The van der Waals surface area contributed by atoms with Crippen LogP contribution >= 0.6 is 22.7 Å². The standard InChI is InChI=1S/C18H19N3OS2/c1-11(2)10-15-20-21-18(24-15)19-17(22)16-14(8-9-23-16)13-6-4-12(3)5-7-13/h4-9,11H,10H2,1-3H3,(H,19,21,22). The van der Waals surface area contributed by atoms with E-state index in [-0.39, 0.29) is 5.91 Å². The molecule has 0 unspecified atom stereocenters. The van der Waals surface area contributed by atoms with E-state index in [1.54, 1.807) is 0 Å². The van der Waals surface area contributed by atoms with E-state index in [0.717, 1.165) is 22.6 Å². The summed E-state index contributed by atoms with van der Waals surface area (Å²) in [6.45, 7) is 6.33. The van der Waals surface area contributed by atoms with Crippen LogP contribution in [0.5, 0.6) is 0 Å². The van der Waals surface area contributed by atoms with Crippen molar-refractivity contribution in [1.29, 1.82) is 0 Å². The van der Waals surface area contributed by atoms with E-state index >= 15 is 0 Å². The molecule has 24 heavy (non-hydrogen) atoms. The summed E-state index contributed by atoms with van der Waals surface area (Å²) < 4.78 is 0. The first-order chi connectivity index (χ1) is 11.5. The molecule has 2 aromatic heterocycles. The van der Waals surface area contributed by atoms with Crippen molar-refractivity contribution < 1.29 is 4.79 Å². The largest absolute Gasteiger partial charge is 0.296 e. The highest BCUT2D eigenvalue weighted by molar-refractivity contribution is 7.15. The van der Waals surface area contributed by atoms with E-state index in [1.807, 2.05) is 23.6 Å². The van der Waals surface area contributed by atoms with Gasteiger partial charge in [0, 0.05) is 12.0 Å². The number of carbonyl (C=O) groups is 1. The molecule has 0 atom stereocenters. The van der Waals surface area contributed by atoms with Crippen molar-refractivity contribution in [3.8, 4) is 11.1 Å². The van der Waals surface area contributed by atoms with Crippen LogP contribution in [-0.2, 0) is 6.42 Å². The summed E-state index contributed by atoms with van der Waals surface area (Å²) in [5.74, 6) is 0.389. The molecule has 0 bridgehead atoms. The van der Waals surface area contributed by atoms with E-state index in [9.17, 15) is 4.79 Å². The molecule has 1 N–H and O–H groups in total. The highest BCUT2D eigenvalue weighted by atomic mass is 32.1. The minimum absolute atomic E-state index is 0.132. The topological polar surface area (TPSA) is 54.9 Å². The summed E-state index contributed by atoms with van der Waals surface area (Å²) in [7, 11) is 0. The average Bonchev–Trinajstić information content (AvgIpc) is 3.17. The molecule has 0 saturated carbocycles. The Kier molecular flexibility index (Phi) is 5.06. The van der Waals surface area contributed by atoms with Gasteiger partial charge in [0.15, 0.2) is 0 Å². The number of aryl methyl sites for hydroxylation is 1. The van der Waals surface area contributed by atoms with Crippen LogP contribution in [0.1, 0.15) is 34.1 Å². The fraction of sp³-hybridized carbons (Fsp3) is 0.278. The van der Waals surface area contributed by atoms with Gasteiger partial charge in [-0.05, 0) is 29.9 Å². The van der Waals surface area contributed by atoms with Crippen molar-refractivity contribution in [3.05, 3.63) is 51.2 Å². The highest BCUT2D eigenvalue weighted by Crippen LogP contribution is 2.29. The van der Waals surface area contributed by atoms with Gasteiger partial charge in [-0.25, -0.2) is 0 Å². The molecule has 0 fully saturated rings. The second kappa shape index (κ2) is 7.23. The Hall–Kier alpha value is -2.05. The summed E-state index contributed by atoms with van der Waals surface area (Å²) >= 11 is 2.88. The predicted molar refractivity (Wildman–Crippen MR) is 101 cm³/mol. The molecule has 0 aliphatic heterocycles. The van der Waals surface area contributed by atoms with Crippen LogP contribution in [0.25, 0.3) is 11.1 Å². The lowest BCUT2D eigenvalue weighted by atomic mass is 10.0. The van der Waals surface area contributed by atoms with Gasteiger partial charge in [0.2, 0.25) is 5.13 Å². The molecule has 2 heterocycles. The zero-order valence-corrected chi connectivity index (χ0v) is 15.5. The number of amides is 1. The molecule has 3 rings (SSSR count). The number of hydrogen-bond donors (Lipinski definition) is 1. The molecular weight excluding hydrogens is 338 g/mol. The lowest BCUT2D eigenvalue weighted by Gasteiger charge is -2.04. The van der Waals surface area contributed by atoms with Gasteiger partial charge in [0.05, 0.1) is 0 Å². The highest BCUT2D eigenvalue weighted by Gasteiger charge is 2.17. The van der Waals surface area contributed by atoms with E-state index in [0.29, 0.717) is 15.9 Å². The van der Waals surface area contributed by atoms with Crippen molar-refractivity contribution in [2.75, 3.05) is 5.32 Å². The quantitative estimate of drug-likeness (QED) is 0.697. The predicted octanol–water partition coefficient (Wildman–Crippen LogP) is 5.03. The smallest absolute Gasteiger partial charge is 0.268 e. The number of benzene rings is 1. The average molecular weight is 358 g/mol. The summed E-state index contributed by atoms with van der Waals surface area (Å²) in [6, 6.07) is 10.2. The van der Waals surface area contributed by atoms with Crippen LogP contribution in [0.4, 0.5) is 5.13 Å². The molecule has 6 heteroatoms. The molecule has 124 valence electrons. The summed E-state index contributed by atoms with van der Waals surface area (Å²) in [5.41, 5.74) is 3.20. The number of hydrogen-bond acceptors (Lipinski definition) is 5. The van der Waals surface area contributed by atoms with Crippen LogP contribution in [0.2, 0.25) is 0 Å². The van der Waals surface area contributed by atoms with Crippen LogP contribution in [0.3, 0.4) is 0 Å². The molecule has 0 radical (unpaired) electrons. The number of aromatic nitrogens is 2. The molecule has 0 aliphatic carbocycles. The maximum Gasteiger partial charge on any atom is 0.268 e. The lowest BCUT2D eigenvalue weighted by Crippen LogP contribution is -2.11. The molecule has 4 nitrogen and oxygen atoms in total. The molecule has 0 aliphatic rings. The zero-order chi connectivity index (χ0) is 17.1. The maximum absolute atomic E-state index is 12.6. The van der Waals surface area contributed by atoms with Crippen LogP contribution in [0.15, 0.2) is 35.7 Å². The number of anilines is 1. The summed E-state index contributed by atoms with van der Waals surface area (Å²) in [4.78, 5) is 13.3. The van der Waals surface area contributed by atoms with Crippen molar-refractivity contribution >= 4 is 33.7 Å². The van der Waals surface area contributed by atoms with Gasteiger partial charge >= 0.3 is 0 Å². The fourth-order valence-corrected chi connectivity index (χ4v) is 4.09. The minimum atomic E-state index is -0.132. The fourth-order valence-electron chi connectivity index (χ4n) is 2.34. The first-order valence-electron chi connectivity index (χ1n) is 7.81. The van der Waals surface area contributed by atoms with Gasteiger partial charge < -0.3 is 0 Å². The zero-order valence-electron chi connectivity index (χ0n) is 13.9. The van der Waals surface area contributed by atoms with Crippen molar-refractivity contribution in [3.63, 3.8) is 0 Å². The Bertz CT molecular complexity index is 834. The Morgan fingerprint density at radius 1 is 1.17 bits per heavy atom. The molecule has 0 saturated heterocycles. The lowest BCUT2D eigenvalue weighted by molar-refractivity contribution is 0.103. The normalized spacial score (nSPS) is 11.0. The van der Waals surface area contributed by atoms with Gasteiger partial charge in [-0.3, -0.25) is 10.1 Å². The van der Waals surface area contributed by atoms with Gasteiger partial charge in [-0.15, -0.1) is 21.5 Å². The Balaban J connectivity index is 1.77. The minimum Gasteiger partial charge on any atom is -0.296 e. The number of thiophene rings is 1. The van der Waals surface area contributed by atoms with E-state index < -0.39 is 0 Å². The Labute approximate surface area is 149 Å². The number of rotatable bonds is 5. The van der Waals surface area contributed by atoms with E-state index in [2.05, 4.69) is 48.4 Å². The van der Waals surface area contributed by atoms with Gasteiger partial charge in [0.1, 0.15) is 9.88 Å². The molecular formula is C18H19N3OS2. The number of nitrogens with one attached hydrogen (secondary N) is 1. The SMILES string of the molecule is Cc1ccc(-c2ccsc2C(=O)Nc2nnc(CC(C)C)s2)cc1. The van der Waals surface area contributed by atoms with Crippen LogP contribution in [0, 0.1) is 12.8 Å². The molecule has 0 spiro atoms. The molecule has 1 amide bonds. The molecule has 1 aromatic carbocycles. The number of carbonyl (C=O) groups excluding carboxylic acids is 1.